The molecule has 0 aliphatic heterocycles. The van der Waals surface area contributed by atoms with Crippen LogP contribution in [0.15, 0.2) is 34.5 Å². The Morgan fingerprint density at radius 3 is 2.38 bits per heavy atom. The number of nitrogens with zero attached hydrogens (tertiary/aromatic N) is 2. The second-order valence-electron chi connectivity index (χ2n) is 10.1. The Morgan fingerprint density at radius 1 is 1.08 bits per heavy atom. The Bertz CT molecular complexity index is 1040. The lowest BCUT2D eigenvalue weighted by atomic mass is 9.95. The summed E-state index contributed by atoms with van der Waals surface area (Å²) in [5, 5.41) is 2.22. The Labute approximate surface area is 241 Å². The number of unbranched alkanes of at least 4 members (excludes halogenated alkanes) is 4. The van der Waals surface area contributed by atoms with Gasteiger partial charge in [-0.1, -0.05) is 53.4 Å². The van der Waals surface area contributed by atoms with Crippen LogP contribution >= 0.6 is 23.3 Å². The highest BCUT2D eigenvalue weighted by molar-refractivity contribution is 7.98. The number of hydrogen-bond donors (Lipinski definition) is 2. The number of ether oxygens (including phenoxy) is 1. The van der Waals surface area contributed by atoms with E-state index in [4.69, 9.17) is 10.5 Å². The van der Waals surface area contributed by atoms with Crippen molar-refractivity contribution in [1.82, 2.24) is 14.6 Å². The lowest BCUT2D eigenvalue weighted by Gasteiger charge is -2.36. The number of nitrogens with two attached hydrogens (primary N) is 1. The lowest BCUT2D eigenvalue weighted by molar-refractivity contribution is -0.148. The van der Waals surface area contributed by atoms with Gasteiger partial charge in [0.1, 0.15) is 10.7 Å². The van der Waals surface area contributed by atoms with E-state index in [9.17, 15) is 14.4 Å². The quantitative estimate of drug-likeness (QED) is 0.0923. The highest BCUT2D eigenvalue weighted by Gasteiger charge is 2.32. The van der Waals surface area contributed by atoms with Crippen molar-refractivity contribution < 1.29 is 19.1 Å². The van der Waals surface area contributed by atoms with Crippen LogP contribution < -0.4 is 10.5 Å². The average molecular weight is 577 g/mol. The fourth-order valence-corrected chi connectivity index (χ4v) is 5.69. The third-order valence-electron chi connectivity index (χ3n) is 6.42. The first-order valence-electron chi connectivity index (χ1n) is 13.9. The van der Waals surface area contributed by atoms with Gasteiger partial charge in [-0.3, -0.25) is 19.1 Å². The number of nitrogen functional groups attached to an aromatic ring is 1. The topological polar surface area (TPSA) is 115 Å². The number of thiazole rings is 1. The van der Waals surface area contributed by atoms with Gasteiger partial charge in [-0.25, -0.2) is 4.98 Å². The number of hydrogen-bond acceptors (Lipinski definition) is 8. The molecule has 0 aliphatic carbocycles. The largest absolute Gasteiger partial charge is 0.455 e. The van der Waals surface area contributed by atoms with Crippen LogP contribution in [0.1, 0.15) is 108 Å². The fourth-order valence-electron chi connectivity index (χ4n) is 4.27. The SMILES string of the molecule is CCCCCCN(C(=O)CCCC)C(CC(OC(C)=O)c1nc(C(=O)NSc2ccc(N)cc2)cs1)C(C)C. The number of carbonyl (C=O) groups excluding carboxylic acids is 3. The zero-order valence-corrected chi connectivity index (χ0v) is 25.5. The third kappa shape index (κ3) is 11.2. The van der Waals surface area contributed by atoms with Gasteiger partial charge in [0.25, 0.3) is 5.91 Å². The van der Waals surface area contributed by atoms with Gasteiger partial charge in [0.05, 0.1) is 0 Å². The summed E-state index contributed by atoms with van der Waals surface area (Å²) in [7, 11) is 0. The normalized spacial score (nSPS) is 12.7. The molecule has 0 fully saturated rings. The van der Waals surface area contributed by atoms with Crippen LogP contribution in [0.4, 0.5) is 5.69 Å². The Balaban J connectivity index is 2.20. The molecule has 0 spiro atoms. The zero-order valence-electron chi connectivity index (χ0n) is 23.9. The van der Waals surface area contributed by atoms with Crippen molar-refractivity contribution in [2.45, 2.75) is 103 Å². The molecule has 2 aromatic rings. The van der Waals surface area contributed by atoms with E-state index in [1.54, 1.807) is 17.5 Å². The van der Waals surface area contributed by atoms with Gasteiger partial charge in [-0.15, -0.1) is 11.3 Å². The Hall–Kier alpha value is -2.59. The molecule has 1 heterocycles. The third-order valence-corrected chi connectivity index (χ3v) is 8.15. The highest BCUT2D eigenvalue weighted by Crippen LogP contribution is 2.31. The van der Waals surface area contributed by atoms with E-state index in [2.05, 4.69) is 37.4 Å². The van der Waals surface area contributed by atoms with Crippen molar-refractivity contribution in [1.29, 1.82) is 0 Å². The first-order valence-corrected chi connectivity index (χ1v) is 15.6. The molecule has 10 heteroatoms. The number of benzene rings is 1. The van der Waals surface area contributed by atoms with Crippen LogP contribution in [0.5, 0.6) is 0 Å². The monoisotopic (exact) mass is 576 g/mol. The number of anilines is 1. The number of aromatic nitrogens is 1. The first-order chi connectivity index (χ1) is 18.7. The average Bonchev–Trinajstić information content (AvgIpc) is 3.40. The molecular weight excluding hydrogens is 532 g/mol. The maximum absolute atomic E-state index is 13.3. The van der Waals surface area contributed by atoms with Crippen LogP contribution in [0.2, 0.25) is 0 Å². The summed E-state index contributed by atoms with van der Waals surface area (Å²) >= 11 is 2.46. The number of rotatable bonds is 17. The van der Waals surface area contributed by atoms with Crippen LogP contribution in [-0.4, -0.2) is 40.3 Å². The molecule has 1 aromatic heterocycles. The predicted molar refractivity (Wildman–Crippen MR) is 159 cm³/mol. The molecule has 39 heavy (non-hydrogen) atoms. The minimum atomic E-state index is -0.650. The van der Waals surface area contributed by atoms with Crippen molar-refractivity contribution in [3.63, 3.8) is 0 Å². The predicted octanol–water partition coefficient (Wildman–Crippen LogP) is 6.78. The Kier molecular flexibility index (Phi) is 14.4. The van der Waals surface area contributed by atoms with Gasteiger partial charge >= 0.3 is 5.97 Å². The van der Waals surface area contributed by atoms with Gasteiger partial charge in [0, 0.05) is 48.3 Å². The maximum Gasteiger partial charge on any atom is 0.303 e. The van der Waals surface area contributed by atoms with Crippen LogP contribution in [0, 0.1) is 5.92 Å². The maximum atomic E-state index is 13.3. The van der Waals surface area contributed by atoms with E-state index in [1.807, 2.05) is 17.0 Å². The molecule has 2 atom stereocenters. The molecule has 216 valence electrons. The second kappa shape index (κ2) is 17.2. The van der Waals surface area contributed by atoms with E-state index in [0.717, 1.165) is 43.4 Å². The van der Waals surface area contributed by atoms with Gasteiger partial charge in [0.2, 0.25) is 5.91 Å². The fraction of sp³-hybridized carbons (Fsp3) is 0.586. The first kappa shape index (κ1) is 32.6. The van der Waals surface area contributed by atoms with Crippen molar-refractivity contribution >= 4 is 46.8 Å². The smallest absolute Gasteiger partial charge is 0.303 e. The highest BCUT2D eigenvalue weighted by atomic mass is 32.2. The molecule has 2 amide bonds. The number of esters is 1. The molecule has 0 saturated carbocycles. The molecule has 0 aliphatic rings. The van der Waals surface area contributed by atoms with Crippen molar-refractivity contribution in [2.75, 3.05) is 12.3 Å². The molecule has 8 nitrogen and oxygen atoms in total. The minimum absolute atomic E-state index is 0.123. The summed E-state index contributed by atoms with van der Waals surface area (Å²) in [6.45, 7) is 10.5. The molecule has 1 aromatic carbocycles. The van der Waals surface area contributed by atoms with Crippen LogP contribution in [0.3, 0.4) is 0 Å². The summed E-state index contributed by atoms with van der Waals surface area (Å²) in [5.41, 5.74) is 6.63. The molecule has 0 bridgehead atoms. The van der Waals surface area contributed by atoms with Crippen LogP contribution in [0.25, 0.3) is 0 Å². The summed E-state index contributed by atoms with van der Waals surface area (Å²) < 4.78 is 8.52. The molecule has 2 unspecified atom stereocenters. The van der Waals surface area contributed by atoms with E-state index >= 15 is 0 Å². The van der Waals surface area contributed by atoms with E-state index < -0.39 is 12.1 Å². The van der Waals surface area contributed by atoms with E-state index in [0.29, 0.717) is 30.1 Å². The van der Waals surface area contributed by atoms with E-state index in [1.165, 1.54) is 30.2 Å². The molecular formula is C29H44N4O4S2. The van der Waals surface area contributed by atoms with Crippen LogP contribution in [-0.2, 0) is 14.3 Å². The number of amides is 2. The lowest BCUT2D eigenvalue weighted by Crippen LogP contribution is -2.45. The Morgan fingerprint density at radius 2 is 1.77 bits per heavy atom. The molecule has 3 N–H and O–H groups in total. The van der Waals surface area contributed by atoms with Gasteiger partial charge in [0.15, 0.2) is 6.10 Å². The van der Waals surface area contributed by atoms with E-state index in [-0.39, 0.29) is 29.5 Å². The summed E-state index contributed by atoms with van der Waals surface area (Å²) in [6, 6.07) is 7.06. The summed E-state index contributed by atoms with van der Waals surface area (Å²) in [6.07, 6.45) is 6.39. The summed E-state index contributed by atoms with van der Waals surface area (Å²) in [5.74, 6) is -0.464. The molecule has 0 saturated heterocycles. The minimum Gasteiger partial charge on any atom is -0.455 e. The van der Waals surface area contributed by atoms with Gasteiger partial charge < -0.3 is 15.4 Å². The summed E-state index contributed by atoms with van der Waals surface area (Å²) in [4.78, 5) is 45.5. The standard InChI is InChI=1S/C29H44N4O4S2/c1-6-8-10-11-17-33(27(35)12-9-7-2)25(20(3)4)18-26(37-21(5)34)29-31-24(19-38-29)28(36)32-39-23-15-13-22(30)14-16-23/h13-16,19-20,25-26H,6-12,17-18,30H2,1-5H3,(H,32,36). The zero-order chi connectivity index (χ0) is 28.8. The van der Waals surface area contributed by atoms with Crippen molar-refractivity contribution in [3.8, 4) is 0 Å². The molecule has 0 radical (unpaired) electrons. The van der Waals surface area contributed by atoms with Gasteiger partial charge in [-0.05, 0) is 55.0 Å². The molecule has 2 rings (SSSR count). The van der Waals surface area contributed by atoms with Crippen molar-refractivity contribution in [2.24, 2.45) is 5.92 Å². The number of carbonyl (C=O) groups is 3. The number of nitrogens with one attached hydrogen (secondary N) is 1. The second-order valence-corrected chi connectivity index (χ2v) is 11.8. The van der Waals surface area contributed by atoms with Gasteiger partial charge in [-0.2, -0.15) is 0 Å². The van der Waals surface area contributed by atoms with Crippen molar-refractivity contribution in [3.05, 3.63) is 40.3 Å².